The highest BCUT2D eigenvalue weighted by molar-refractivity contribution is 5.28. The van der Waals surface area contributed by atoms with E-state index in [0.717, 1.165) is 11.8 Å². The summed E-state index contributed by atoms with van der Waals surface area (Å²) in [6.07, 6.45) is 3.00. The second-order valence-corrected chi connectivity index (χ2v) is 4.50. The molecule has 0 saturated heterocycles. The number of rotatable bonds is 5. The van der Waals surface area contributed by atoms with E-state index in [1.165, 1.54) is 6.07 Å². The fourth-order valence-corrected chi connectivity index (χ4v) is 1.76. The number of benzene rings is 1. The Balaban J connectivity index is 1.93. The van der Waals surface area contributed by atoms with Crippen LogP contribution in [0.4, 0.5) is 4.39 Å². The fraction of sp³-hybridized carbons (Fsp3) is 0.267. The number of aliphatic hydroxyl groups excluding tert-OH is 1. The molecule has 1 heterocycles. The van der Waals surface area contributed by atoms with E-state index < -0.39 is 0 Å². The number of halogens is 1. The van der Waals surface area contributed by atoms with Crippen LogP contribution in [0, 0.1) is 5.82 Å². The van der Waals surface area contributed by atoms with Gasteiger partial charge in [0.2, 0.25) is 0 Å². The summed E-state index contributed by atoms with van der Waals surface area (Å²) in [6.45, 7) is 2.03. The van der Waals surface area contributed by atoms with Gasteiger partial charge < -0.3 is 9.84 Å². The van der Waals surface area contributed by atoms with Crippen molar-refractivity contribution in [1.29, 1.82) is 0 Å². The molecule has 1 N–H and O–H groups in total. The molecule has 0 aliphatic heterocycles. The van der Waals surface area contributed by atoms with E-state index in [1.807, 2.05) is 24.3 Å². The van der Waals surface area contributed by atoms with Gasteiger partial charge in [0.25, 0.3) is 0 Å². The summed E-state index contributed by atoms with van der Waals surface area (Å²) in [7, 11) is 0. The Morgan fingerprint density at radius 1 is 1.21 bits per heavy atom. The SMILES string of the molecule is CC(O)Cc1ccc(OCc2cncc(F)c2)cc1. The quantitative estimate of drug-likeness (QED) is 0.899. The Kier molecular flexibility index (Phi) is 4.47. The lowest BCUT2D eigenvalue weighted by Gasteiger charge is -2.08. The molecule has 19 heavy (non-hydrogen) atoms. The molecule has 1 unspecified atom stereocenters. The van der Waals surface area contributed by atoms with Crippen LogP contribution >= 0.6 is 0 Å². The van der Waals surface area contributed by atoms with E-state index in [0.29, 0.717) is 17.7 Å². The van der Waals surface area contributed by atoms with E-state index in [2.05, 4.69) is 4.98 Å². The number of aromatic nitrogens is 1. The molecule has 0 radical (unpaired) electrons. The van der Waals surface area contributed by atoms with Gasteiger partial charge in [0.05, 0.1) is 12.3 Å². The minimum atomic E-state index is -0.367. The molecule has 4 heteroatoms. The van der Waals surface area contributed by atoms with E-state index >= 15 is 0 Å². The van der Waals surface area contributed by atoms with E-state index in [-0.39, 0.29) is 18.5 Å². The normalized spacial score (nSPS) is 12.2. The van der Waals surface area contributed by atoms with Crippen molar-refractivity contribution in [2.24, 2.45) is 0 Å². The first-order valence-corrected chi connectivity index (χ1v) is 6.13. The second-order valence-electron chi connectivity index (χ2n) is 4.50. The summed E-state index contributed by atoms with van der Waals surface area (Å²) in [5, 5.41) is 9.28. The topological polar surface area (TPSA) is 42.4 Å². The molecule has 0 fully saturated rings. The highest BCUT2D eigenvalue weighted by atomic mass is 19.1. The van der Waals surface area contributed by atoms with Gasteiger partial charge in [0, 0.05) is 11.8 Å². The molecule has 0 spiro atoms. The Morgan fingerprint density at radius 2 is 1.95 bits per heavy atom. The molecule has 100 valence electrons. The largest absolute Gasteiger partial charge is 0.489 e. The van der Waals surface area contributed by atoms with Gasteiger partial charge in [0.1, 0.15) is 18.2 Å². The molecule has 1 aromatic carbocycles. The third-order valence-electron chi connectivity index (χ3n) is 2.62. The molecule has 0 aliphatic rings. The van der Waals surface area contributed by atoms with Crippen molar-refractivity contribution in [3.8, 4) is 5.75 Å². The molecule has 3 nitrogen and oxygen atoms in total. The lowest BCUT2D eigenvalue weighted by molar-refractivity contribution is 0.195. The maximum Gasteiger partial charge on any atom is 0.141 e. The summed E-state index contributed by atoms with van der Waals surface area (Å²) in [5.41, 5.74) is 1.74. The van der Waals surface area contributed by atoms with E-state index in [9.17, 15) is 9.50 Å². The molecule has 0 amide bonds. The first kappa shape index (κ1) is 13.5. The van der Waals surface area contributed by atoms with Crippen LogP contribution in [0.25, 0.3) is 0 Å². The van der Waals surface area contributed by atoms with Crippen LogP contribution in [0.5, 0.6) is 5.75 Å². The van der Waals surface area contributed by atoms with Crippen molar-refractivity contribution in [3.05, 3.63) is 59.7 Å². The van der Waals surface area contributed by atoms with Gasteiger partial charge in [-0.25, -0.2) is 4.39 Å². The molecular formula is C15H16FNO2. The summed E-state index contributed by atoms with van der Waals surface area (Å²) in [5.74, 6) is 0.340. The van der Waals surface area contributed by atoms with E-state index in [1.54, 1.807) is 13.1 Å². The number of ether oxygens (including phenoxy) is 1. The van der Waals surface area contributed by atoms with Gasteiger partial charge in [-0.15, -0.1) is 0 Å². The number of hydrogen-bond acceptors (Lipinski definition) is 3. The van der Waals surface area contributed by atoms with Crippen LogP contribution in [-0.4, -0.2) is 16.2 Å². The Bertz CT molecular complexity index is 526. The van der Waals surface area contributed by atoms with Gasteiger partial charge in [-0.3, -0.25) is 4.98 Å². The van der Waals surface area contributed by atoms with Crippen molar-refractivity contribution in [1.82, 2.24) is 4.98 Å². The van der Waals surface area contributed by atoms with Crippen molar-refractivity contribution < 1.29 is 14.2 Å². The average Bonchev–Trinajstić information content (AvgIpc) is 2.37. The number of nitrogens with zero attached hydrogens (tertiary/aromatic N) is 1. The van der Waals surface area contributed by atoms with Gasteiger partial charge >= 0.3 is 0 Å². The predicted octanol–water partition coefficient (Wildman–Crippen LogP) is 2.72. The first-order valence-electron chi connectivity index (χ1n) is 6.13. The summed E-state index contributed by atoms with van der Waals surface area (Å²) >= 11 is 0. The maximum absolute atomic E-state index is 12.9. The molecule has 0 bridgehead atoms. The van der Waals surface area contributed by atoms with Gasteiger partial charge in [-0.05, 0) is 37.1 Å². The third kappa shape index (κ3) is 4.34. The van der Waals surface area contributed by atoms with Crippen LogP contribution < -0.4 is 4.74 Å². The van der Waals surface area contributed by atoms with Crippen molar-refractivity contribution in [3.63, 3.8) is 0 Å². The standard InChI is InChI=1S/C15H16FNO2/c1-11(18)6-12-2-4-15(5-3-12)19-10-13-7-14(16)9-17-8-13/h2-5,7-9,11,18H,6,10H2,1H3. The molecular weight excluding hydrogens is 245 g/mol. The summed E-state index contributed by atoms with van der Waals surface area (Å²) in [4.78, 5) is 3.76. The average molecular weight is 261 g/mol. The molecule has 0 saturated carbocycles. The summed E-state index contributed by atoms with van der Waals surface area (Å²) in [6, 6.07) is 8.89. The van der Waals surface area contributed by atoms with E-state index in [4.69, 9.17) is 4.74 Å². The van der Waals surface area contributed by atoms with Crippen LogP contribution in [0.1, 0.15) is 18.1 Å². The molecule has 2 aromatic rings. The van der Waals surface area contributed by atoms with Crippen molar-refractivity contribution >= 4 is 0 Å². The number of pyridine rings is 1. The lowest BCUT2D eigenvalue weighted by atomic mass is 10.1. The molecule has 1 atom stereocenters. The molecule has 2 rings (SSSR count). The Morgan fingerprint density at radius 3 is 2.58 bits per heavy atom. The monoisotopic (exact) mass is 261 g/mol. The number of hydrogen-bond donors (Lipinski definition) is 1. The summed E-state index contributed by atoms with van der Waals surface area (Å²) < 4.78 is 18.5. The lowest BCUT2D eigenvalue weighted by Crippen LogP contribution is -2.04. The minimum absolute atomic E-state index is 0.278. The van der Waals surface area contributed by atoms with Gasteiger partial charge in [-0.1, -0.05) is 12.1 Å². The predicted molar refractivity (Wildman–Crippen MR) is 70.4 cm³/mol. The van der Waals surface area contributed by atoms with Crippen molar-refractivity contribution in [2.45, 2.75) is 26.1 Å². The Hall–Kier alpha value is -1.94. The maximum atomic E-state index is 12.9. The van der Waals surface area contributed by atoms with Crippen molar-refractivity contribution in [2.75, 3.05) is 0 Å². The third-order valence-corrected chi connectivity index (χ3v) is 2.62. The Labute approximate surface area is 111 Å². The smallest absolute Gasteiger partial charge is 0.141 e. The van der Waals surface area contributed by atoms with Crippen LogP contribution in [0.2, 0.25) is 0 Å². The zero-order chi connectivity index (χ0) is 13.7. The highest BCUT2D eigenvalue weighted by Crippen LogP contribution is 2.15. The zero-order valence-electron chi connectivity index (χ0n) is 10.7. The van der Waals surface area contributed by atoms with Crippen LogP contribution in [0.3, 0.4) is 0 Å². The van der Waals surface area contributed by atoms with Crippen LogP contribution in [0.15, 0.2) is 42.7 Å². The second kappa shape index (κ2) is 6.29. The number of aliphatic hydroxyl groups is 1. The fourth-order valence-electron chi connectivity index (χ4n) is 1.76. The molecule has 0 aliphatic carbocycles. The first-order chi connectivity index (χ1) is 9.13. The zero-order valence-corrected chi connectivity index (χ0v) is 10.7. The highest BCUT2D eigenvalue weighted by Gasteiger charge is 2.01. The van der Waals surface area contributed by atoms with Gasteiger partial charge in [-0.2, -0.15) is 0 Å². The minimum Gasteiger partial charge on any atom is -0.489 e. The van der Waals surface area contributed by atoms with Gasteiger partial charge in [0.15, 0.2) is 0 Å². The molecule has 1 aromatic heterocycles. The van der Waals surface area contributed by atoms with Crippen LogP contribution in [-0.2, 0) is 13.0 Å².